The highest BCUT2D eigenvalue weighted by Gasteiger charge is 2.13. The molecule has 0 aliphatic rings. The van der Waals surface area contributed by atoms with Crippen LogP contribution in [0.2, 0.25) is 0 Å². The molecule has 1 atom stereocenters. The van der Waals surface area contributed by atoms with Gasteiger partial charge in [0, 0.05) is 12.2 Å². The summed E-state index contributed by atoms with van der Waals surface area (Å²) in [6.07, 6.45) is 2.35. The van der Waals surface area contributed by atoms with E-state index >= 15 is 0 Å². The lowest BCUT2D eigenvalue weighted by molar-refractivity contribution is 0.371. The van der Waals surface area contributed by atoms with Gasteiger partial charge in [-0.1, -0.05) is 69.2 Å². The normalized spacial score (nSPS) is 12.0. The van der Waals surface area contributed by atoms with Crippen LogP contribution in [0, 0.1) is 46.5 Å². The van der Waals surface area contributed by atoms with Crippen molar-refractivity contribution in [3.8, 4) is 11.1 Å². The number of hydrogen-bond acceptors (Lipinski definition) is 1. The van der Waals surface area contributed by atoms with E-state index in [9.17, 15) is 0 Å². The average molecular weight is 487 g/mol. The zero-order valence-corrected chi connectivity index (χ0v) is 23.6. The van der Waals surface area contributed by atoms with Gasteiger partial charge in [-0.25, -0.2) is 0 Å². The summed E-state index contributed by atoms with van der Waals surface area (Å²) in [5, 5.41) is 7.39. The number of aryl methyl sites for hydroxylation is 5. The minimum atomic E-state index is 0.651. The fourth-order valence-electron chi connectivity index (χ4n) is 5.17. The first kappa shape index (κ1) is 26.9. The van der Waals surface area contributed by atoms with Crippen LogP contribution in [0.4, 0.5) is 5.69 Å². The second-order valence-corrected chi connectivity index (χ2v) is 10.9. The van der Waals surface area contributed by atoms with Crippen LogP contribution < -0.4 is 10.6 Å². The fraction of sp³-hybridized carbons (Fsp3) is 0.406. The SMILES string of the molecule is CCC(Cc1ccc(NC(=S)NCc2cc(C)c(-c3c(C)cc(C)cc3C)cc2C)cc1)C(C)C. The maximum Gasteiger partial charge on any atom is 0.171 e. The molecule has 2 N–H and O–H groups in total. The number of nitrogens with one attached hydrogen (secondary N) is 2. The van der Waals surface area contributed by atoms with Crippen LogP contribution in [0.1, 0.15) is 66.1 Å². The Morgan fingerprint density at radius 2 is 1.46 bits per heavy atom. The molecule has 0 heterocycles. The van der Waals surface area contributed by atoms with Crippen LogP contribution in [-0.2, 0) is 13.0 Å². The minimum absolute atomic E-state index is 0.651. The molecule has 0 saturated carbocycles. The number of rotatable bonds is 8. The predicted octanol–water partition coefficient (Wildman–Crippen LogP) is 8.61. The summed E-state index contributed by atoms with van der Waals surface area (Å²) in [6, 6.07) is 17.9. The lowest BCUT2D eigenvalue weighted by atomic mass is 9.87. The molecular formula is C32H42N2S. The molecule has 0 saturated heterocycles. The van der Waals surface area contributed by atoms with Gasteiger partial charge in [0.15, 0.2) is 5.11 Å². The van der Waals surface area contributed by atoms with Crippen molar-refractivity contribution < 1.29 is 0 Å². The first-order valence-electron chi connectivity index (χ1n) is 12.9. The second kappa shape index (κ2) is 11.9. The van der Waals surface area contributed by atoms with Crippen molar-refractivity contribution in [3.05, 3.63) is 87.5 Å². The molecule has 0 amide bonds. The molecular weight excluding hydrogens is 444 g/mol. The minimum Gasteiger partial charge on any atom is -0.358 e. The number of benzene rings is 3. The van der Waals surface area contributed by atoms with E-state index in [0.717, 1.165) is 18.0 Å². The van der Waals surface area contributed by atoms with Crippen molar-refractivity contribution in [1.82, 2.24) is 5.32 Å². The molecule has 35 heavy (non-hydrogen) atoms. The summed E-state index contributed by atoms with van der Waals surface area (Å²) in [5.41, 5.74) is 12.9. The summed E-state index contributed by atoms with van der Waals surface area (Å²) < 4.78 is 0. The average Bonchev–Trinajstić information content (AvgIpc) is 2.78. The Morgan fingerprint density at radius 1 is 0.829 bits per heavy atom. The quantitative estimate of drug-likeness (QED) is 0.312. The molecule has 3 heteroatoms. The number of anilines is 1. The Morgan fingerprint density at radius 3 is 2.03 bits per heavy atom. The monoisotopic (exact) mass is 486 g/mol. The zero-order valence-electron chi connectivity index (χ0n) is 22.8. The molecule has 1 unspecified atom stereocenters. The fourth-order valence-corrected chi connectivity index (χ4v) is 5.36. The smallest absolute Gasteiger partial charge is 0.171 e. The Bertz CT molecular complexity index is 1150. The van der Waals surface area contributed by atoms with Gasteiger partial charge in [0.2, 0.25) is 0 Å². The maximum atomic E-state index is 5.59. The van der Waals surface area contributed by atoms with Gasteiger partial charge in [-0.3, -0.25) is 0 Å². The van der Waals surface area contributed by atoms with Crippen molar-refractivity contribution in [2.75, 3.05) is 5.32 Å². The van der Waals surface area contributed by atoms with Crippen molar-refractivity contribution in [2.24, 2.45) is 11.8 Å². The molecule has 186 valence electrons. The first-order chi connectivity index (χ1) is 16.6. The van der Waals surface area contributed by atoms with Gasteiger partial charge in [0.05, 0.1) is 0 Å². The summed E-state index contributed by atoms with van der Waals surface area (Å²) in [7, 11) is 0. The largest absolute Gasteiger partial charge is 0.358 e. The van der Waals surface area contributed by atoms with Crippen LogP contribution in [-0.4, -0.2) is 5.11 Å². The molecule has 0 radical (unpaired) electrons. The van der Waals surface area contributed by atoms with Gasteiger partial charge in [0.25, 0.3) is 0 Å². The van der Waals surface area contributed by atoms with Gasteiger partial charge >= 0.3 is 0 Å². The molecule has 3 rings (SSSR count). The molecule has 3 aromatic rings. The predicted molar refractivity (Wildman–Crippen MR) is 157 cm³/mol. The van der Waals surface area contributed by atoms with Crippen molar-refractivity contribution in [1.29, 1.82) is 0 Å². The van der Waals surface area contributed by atoms with Crippen molar-refractivity contribution in [3.63, 3.8) is 0 Å². The van der Waals surface area contributed by atoms with Gasteiger partial charge in [0.1, 0.15) is 0 Å². The first-order valence-corrected chi connectivity index (χ1v) is 13.3. The highest BCUT2D eigenvalue weighted by atomic mass is 32.1. The van der Waals surface area contributed by atoms with E-state index in [1.54, 1.807) is 0 Å². The third kappa shape index (κ3) is 6.95. The van der Waals surface area contributed by atoms with Gasteiger partial charge < -0.3 is 10.6 Å². The molecule has 0 fully saturated rings. The Kier molecular flexibility index (Phi) is 9.13. The van der Waals surface area contributed by atoms with Gasteiger partial charge in [-0.15, -0.1) is 0 Å². The van der Waals surface area contributed by atoms with E-state index < -0.39 is 0 Å². The van der Waals surface area contributed by atoms with E-state index in [1.165, 1.54) is 56.5 Å². The lowest BCUT2D eigenvalue weighted by Crippen LogP contribution is -2.28. The van der Waals surface area contributed by atoms with E-state index in [-0.39, 0.29) is 0 Å². The van der Waals surface area contributed by atoms with E-state index in [0.29, 0.717) is 17.6 Å². The van der Waals surface area contributed by atoms with E-state index in [2.05, 4.69) is 115 Å². The van der Waals surface area contributed by atoms with Crippen molar-refractivity contribution in [2.45, 2.75) is 74.8 Å². The highest BCUT2D eigenvalue weighted by molar-refractivity contribution is 7.80. The van der Waals surface area contributed by atoms with Crippen LogP contribution in [0.15, 0.2) is 48.5 Å². The summed E-state index contributed by atoms with van der Waals surface area (Å²) in [6.45, 7) is 18.6. The second-order valence-electron chi connectivity index (χ2n) is 10.5. The van der Waals surface area contributed by atoms with Gasteiger partial charge in [-0.2, -0.15) is 0 Å². The Hall–Kier alpha value is -2.65. The van der Waals surface area contributed by atoms with E-state index in [4.69, 9.17) is 12.2 Å². The van der Waals surface area contributed by atoms with Crippen LogP contribution in [0.25, 0.3) is 11.1 Å². The summed E-state index contributed by atoms with van der Waals surface area (Å²) in [5.74, 6) is 1.44. The molecule has 0 spiro atoms. The third-order valence-electron chi connectivity index (χ3n) is 7.25. The summed E-state index contributed by atoms with van der Waals surface area (Å²) >= 11 is 5.59. The Balaban J connectivity index is 1.64. The van der Waals surface area contributed by atoms with Crippen LogP contribution >= 0.6 is 12.2 Å². The standard InChI is InChI=1S/C32H42N2S/c1-9-27(20(2)3)18-26-10-12-29(13-11-26)34-32(35)33-19-28-16-23(6)30(17-22(28)5)31-24(7)14-21(4)15-25(31)8/h10-17,20,27H,9,18-19H2,1-8H3,(H2,33,34,35). The molecule has 2 nitrogen and oxygen atoms in total. The zero-order chi connectivity index (χ0) is 25.7. The topological polar surface area (TPSA) is 24.1 Å². The lowest BCUT2D eigenvalue weighted by Gasteiger charge is -2.19. The Labute approximate surface area is 218 Å². The van der Waals surface area contributed by atoms with Crippen LogP contribution in [0.3, 0.4) is 0 Å². The molecule has 3 aromatic carbocycles. The van der Waals surface area contributed by atoms with Crippen LogP contribution in [0.5, 0.6) is 0 Å². The van der Waals surface area contributed by atoms with Gasteiger partial charge in [-0.05, 0) is 122 Å². The highest BCUT2D eigenvalue weighted by Crippen LogP contribution is 2.32. The summed E-state index contributed by atoms with van der Waals surface area (Å²) in [4.78, 5) is 0. The maximum absolute atomic E-state index is 5.59. The molecule has 0 aliphatic carbocycles. The molecule has 0 aliphatic heterocycles. The number of hydrogen-bond donors (Lipinski definition) is 2. The van der Waals surface area contributed by atoms with Crippen molar-refractivity contribution >= 4 is 23.0 Å². The van der Waals surface area contributed by atoms with E-state index in [1.807, 2.05) is 0 Å². The molecule has 0 aromatic heterocycles. The number of thiocarbonyl (C=S) groups is 1. The molecule has 0 bridgehead atoms. The third-order valence-corrected chi connectivity index (χ3v) is 7.49.